The highest BCUT2D eigenvalue weighted by molar-refractivity contribution is 7.11. The van der Waals surface area contributed by atoms with Crippen molar-refractivity contribution in [3.05, 3.63) is 15.6 Å². The van der Waals surface area contributed by atoms with Crippen LogP contribution in [0.4, 0.5) is 0 Å². The summed E-state index contributed by atoms with van der Waals surface area (Å²) in [5.41, 5.74) is 1.01. The molecule has 0 aromatic carbocycles. The molecule has 2 amide bonds. The molecular formula is C16H23N3O2S. The molecule has 0 bridgehead atoms. The van der Waals surface area contributed by atoms with Gasteiger partial charge < -0.3 is 10.2 Å². The molecule has 1 aliphatic heterocycles. The van der Waals surface area contributed by atoms with E-state index in [0.29, 0.717) is 25.6 Å². The molecule has 0 unspecified atom stereocenters. The zero-order valence-electron chi connectivity index (χ0n) is 13.2. The maximum absolute atomic E-state index is 12.3. The Kier molecular flexibility index (Phi) is 4.47. The van der Waals surface area contributed by atoms with Crippen LogP contribution < -0.4 is 5.32 Å². The van der Waals surface area contributed by atoms with E-state index in [0.717, 1.165) is 41.3 Å². The lowest BCUT2D eigenvalue weighted by molar-refractivity contribution is -0.129. The van der Waals surface area contributed by atoms with Crippen LogP contribution in [0.5, 0.6) is 0 Å². The van der Waals surface area contributed by atoms with Gasteiger partial charge >= 0.3 is 0 Å². The maximum Gasteiger partial charge on any atom is 0.225 e. The van der Waals surface area contributed by atoms with E-state index in [-0.39, 0.29) is 17.7 Å². The molecule has 1 atom stereocenters. The third kappa shape index (κ3) is 3.32. The van der Waals surface area contributed by atoms with Crippen LogP contribution in [0.2, 0.25) is 0 Å². The number of hydrogen-bond acceptors (Lipinski definition) is 4. The third-order valence-electron chi connectivity index (χ3n) is 4.34. The lowest BCUT2D eigenvalue weighted by Crippen LogP contribution is -2.33. The summed E-state index contributed by atoms with van der Waals surface area (Å²) in [5, 5.41) is 4.13. The van der Waals surface area contributed by atoms with Crippen LogP contribution in [0, 0.1) is 12.8 Å². The van der Waals surface area contributed by atoms with Crippen molar-refractivity contribution in [2.45, 2.75) is 58.5 Å². The van der Waals surface area contributed by atoms with Gasteiger partial charge in [-0.2, -0.15) is 0 Å². The average Bonchev–Trinajstić information content (AvgIpc) is 3.16. The van der Waals surface area contributed by atoms with Gasteiger partial charge in [0.05, 0.1) is 23.2 Å². The minimum atomic E-state index is -0.184. The summed E-state index contributed by atoms with van der Waals surface area (Å²) in [7, 11) is 0. The normalized spacial score (nSPS) is 21.5. The minimum Gasteiger partial charge on any atom is -0.351 e. The van der Waals surface area contributed by atoms with Gasteiger partial charge in [-0.3, -0.25) is 9.59 Å². The van der Waals surface area contributed by atoms with Crippen molar-refractivity contribution >= 4 is 23.2 Å². The van der Waals surface area contributed by atoms with Gasteiger partial charge in [0.1, 0.15) is 0 Å². The molecule has 2 heterocycles. The molecular weight excluding hydrogens is 298 g/mol. The number of carbonyl (C=O) groups is 2. The standard InChI is InChI=1S/C16H23N3O2S/c1-3-4-14-18-10(2)13(22-14)8-17-16(21)11-7-15(20)19(9-11)12-5-6-12/h11-12H,3-9H2,1-2H3,(H,17,21)/t11-/m1/s1. The third-order valence-corrected chi connectivity index (χ3v) is 5.56. The molecule has 1 saturated heterocycles. The van der Waals surface area contributed by atoms with E-state index in [2.05, 4.69) is 17.2 Å². The van der Waals surface area contributed by atoms with Crippen LogP contribution in [-0.2, 0) is 22.6 Å². The summed E-state index contributed by atoms with van der Waals surface area (Å²) in [4.78, 5) is 31.8. The lowest BCUT2D eigenvalue weighted by Gasteiger charge is -2.15. The first kappa shape index (κ1) is 15.5. The molecule has 1 aliphatic carbocycles. The Labute approximate surface area is 135 Å². The largest absolute Gasteiger partial charge is 0.351 e. The van der Waals surface area contributed by atoms with Crippen molar-refractivity contribution in [3.8, 4) is 0 Å². The number of aromatic nitrogens is 1. The van der Waals surface area contributed by atoms with Gasteiger partial charge in [0.2, 0.25) is 11.8 Å². The first-order valence-corrected chi connectivity index (χ1v) is 8.92. The molecule has 6 heteroatoms. The predicted octanol–water partition coefficient (Wildman–Crippen LogP) is 2.03. The van der Waals surface area contributed by atoms with Crippen molar-refractivity contribution in [2.75, 3.05) is 6.54 Å². The van der Waals surface area contributed by atoms with Gasteiger partial charge in [-0.1, -0.05) is 6.92 Å². The number of thiazole rings is 1. The summed E-state index contributed by atoms with van der Waals surface area (Å²) in [6, 6.07) is 0.408. The molecule has 0 radical (unpaired) electrons. The van der Waals surface area contributed by atoms with Gasteiger partial charge in [-0.15, -0.1) is 11.3 Å². The number of amides is 2. The van der Waals surface area contributed by atoms with Crippen molar-refractivity contribution in [1.82, 2.24) is 15.2 Å². The van der Waals surface area contributed by atoms with E-state index in [4.69, 9.17) is 0 Å². The second-order valence-electron chi connectivity index (χ2n) is 6.26. The quantitative estimate of drug-likeness (QED) is 0.872. The van der Waals surface area contributed by atoms with Crippen LogP contribution in [0.3, 0.4) is 0 Å². The van der Waals surface area contributed by atoms with Crippen LogP contribution >= 0.6 is 11.3 Å². The monoisotopic (exact) mass is 321 g/mol. The molecule has 22 heavy (non-hydrogen) atoms. The van der Waals surface area contributed by atoms with E-state index in [1.807, 2.05) is 11.8 Å². The van der Waals surface area contributed by atoms with Crippen LogP contribution in [-0.4, -0.2) is 34.3 Å². The zero-order chi connectivity index (χ0) is 15.7. The molecule has 1 aromatic heterocycles. The summed E-state index contributed by atoms with van der Waals surface area (Å²) < 4.78 is 0. The molecule has 2 fully saturated rings. The van der Waals surface area contributed by atoms with E-state index in [1.165, 1.54) is 0 Å². The molecule has 0 spiro atoms. The number of likely N-dealkylation sites (tertiary alicyclic amines) is 1. The number of nitrogens with zero attached hydrogens (tertiary/aromatic N) is 2. The number of carbonyl (C=O) groups excluding carboxylic acids is 2. The SMILES string of the molecule is CCCc1nc(C)c(CNC(=O)[C@@H]2CC(=O)N(C3CC3)C2)s1. The van der Waals surface area contributed by atoms with Crippen LogP contribution in [0.1, 0.15) is 48.2 Å². The number of rotatable bonds is 6. The first-order valence-electron chi connectivity index (χ1n) is 8.10. The summed E-state index contributed by atoms with van der Waals surface area (Å²) in [6.07, 6.45) is 4.64. The van der Waals surface area contributed by atoms with E-state index >= 15 is 0 Å². The molecule has 5 nitrogen and oxygen atoms in total. The van der Waals surface area contributed by atoms with Crippen molar-refractivity contribution in [3.63, 3.8) is 0 Å². The number of aryl methyl sites for hydroxylation is 2. The van der Waals surface area contributed by atoms with Gasteiger partial charge in [0, 0.05) is 23.9 Å². The fourth-order valence-corrected chi connectivity index (χ4v) is 4.04. The van der Waals surface area contributed by atoms with Crippen molar-refractivity contribution in [1.29, 1.82) is 0 Å². The topological polar surface area (TPSA) is 62.3 Å². The predicted molar refractivity (Wildman–Crippen MR) is 85.5 cm³/mol. The Bertz CT molecular complexity index is 580. The van der Waals surface area contributed by atoms with Gasteiger partial charge in [0.15, 0.2) is 0 Å². The molecule has 1 saturated carbocycles. The van der Waals surface area contributed by atoms with Crippen LogP contribution in [0.15, 0.2) is 0 Å². The molecule has 3 rings (SSSR count). The van der Waals surface area contributed by atoms with Gasteiger partial charge in [-0.05, 0) is 32.6 Å². The summed E-state index contributed by atoms with van der Waals surface area (Å²) in [6.45, 7) is 5.25. The Morgan fingerprint density at radius 3 is 2.91 bits per heavy atom. The fourth-order valence-electron chi connectivity index (χ4n) is 2.93. The summed E-state index contributed by atoms with van der Waals surface area (Å²) >= 11 is 1.68. The highest BCUT2D eigenvalue weighted by Crippen LogP contribution is 2.32. The fraction of sp³-hybridized carbons (Fsp3) is 0.688. The Morgan fingerprint density at radius 2 is 2.23 bits per heavy atom. The molecule has 1 aromatic rings. The summed E-state index contributed by atoms with van der Waals surface area (Å²) in [5.74, 6) is -0.0420. The second kappa shape index (κ2) is 6.36. The lowest BCUT2D eigenvalue weighted by atomic mass is 10.1. The highest BCUT2D eigenvalue weighted by Gasteiger charge is 2.41. The van der Waals surface area contributed by atoms with Crippen molar-refractivity contribution in [2.24, 2.45) is 5.92 Å². The highest BCUT2D eigenvalue weighted by atomic mass is 32.1. The smallest absolute Gasteiger partial charge is 0.225 e. The number of nitrogens with one attached hydrogen (secondary N) is 1. The Morgan fingerprint density at radius 1 is 1.45 bits per heavy atom. The van der Waals surface area contributed by atoms with Crippen LogP contribution in [0.25, 0.3) is 0 Å². The Hall–Kier alpha value is -1.43. The molecule has 120 valence electrons. The Balaban J connectivity index is 1.53. The van der Waals surface area contributed by atoms with E-state index < -0.39 is 0 Å². The van der Waals surface area contributed by atoms with E-state index in [1.54, 1.807) is 11.3 Å². The van der Waals surface area contributed by atoms with Gasteiger partial charge in [-0.25, -0.2) is 4.98 Å². The van der Waals surface area contributed by atoms with E-state index in [9.17, 15) is 9.59 Å². The minimum absolute atomic E-state index is 0.00124. The maximum atomic E-state index is 12.3. The molecule has 1 N–H and O–H groups in total. The number of hydrogen-bond donors (Lipinski definition) is 1. The zero-order valence-corrected chi connectivity index (χ0v) is 14.0. The second-order valence-corrected chi connectivity index (χ2v) is 7.43. The first-order chi connectivity index (χ1) is 10.6. The molecule has 2 aliphatic rings. The van der Waals surface area contributed by atoms with Crippen molar-refractivity contribution < 1.29 is 9.59 Å². The van der Waals surface area contributed by atoms with Gasteiger partial charge in [0.25, 0.3) is 0 Å². The average molecular weight is 321 g/mol.